The summed E-state index contributed by atoms with van der Waals surface area (Å²) in [5.74, 6) is 1.43. The van der Waals surface area contributed by atoms with E-state index in [0.717, 1.165) is 17.8 Å². The number of hydrogen-bond donors (Lipinski definition) is 0. The van der Waals surface area contributed by atoms with Crippen LogP contribution < -0.4 is 4.74 Å². The summed E-state index contributed by atoms with van der Waals surface area (Å²) >= 11 is 0. The third-order valence-corrected chi connectivity index (χ3v) is 8.51. The van der Waals surface area contributed by atoms with Crippen LogP contribution in [0.15, 0.2) is 48.6 Å². The molecule has 2 fully saturated rings. The van der Waals surface area contributed by atoms with Crippen molar-refractivity contribution in [1.29, 1.82) is 0 Å². The van der Waals surface area contributed by atoms with E-state index in [1.807, 2.05) is 12.1 Å². The highest BCUT2D eigenvalue weighted by molar-refractivity contribution is 5.65. The van der Waals surface area contributed by atoms with Crippen LogP contribution in [0.3, 0.4) is 0 Å². The minimum atomic E-state index is -0.912. The van der Waals surface area contributed by atoms with Crippen molar-refractivity contribution in [3.63, 3.8) is 0 Å². The molecule has 0 saturated heterocycles. The summed E-state index contributed by atoms with van der Waals surface area (Å²) in [6.45, 7) is 4.40. The first-order valence-electron chi connectivity index (χ1n) is 14.0. The largest absolute Gasteiger partial charge is 0.491 e. The lowest BCUT2D eigenvalue weighted by Crippen LogP contribution is -2.13. The fourth-order valence-corrected chi connectivity index (χ4v) is 6.15. The molecule has 2 saturated carbocycles. The molecule has 0 aromatic heterocycles. The molecule has 0 bridgehead atoms. The predicted molar refractivity (Wildman–Crippen MR) is 142 cm³/mol. The Hall–Kier alpha value is -2.16. The van der Waals surface area contributed by atoms with Crippen molar-refractivity contribution >= 4 is 0 Å². The molecule has 2 aliphatic rings. The predicted octanol–water partition coefficient (Wildman–Crippen LogP) is 9.86. The van der Waals surface area contributed by atoms with E-state index in [2.05, 4.69) is 31.2 Å². The fraction of sp³-hybridized carbons (Fsp3) is 0.562. The highest BCUT2D eigenvalue weighted by Gasteiger charge is 2.23. The Bertz CT molecular complexity index is 948. The summed E-state index contributed by atoms with van der Waals surface area (Å²) in [6.07, 6.45) is 19.5. The van der Waals surface area contributed by atoms with Crippen molar-refractivity contribution in [2.45, 2.75) is 90.4 Å². The summed E-state index contributed by atoms with van der Waals surface area (Å²) in [6, 6.07) is 11.2. The molecule has 190 valence electrons. The molecule has 4 rings (SSSR count). The molecule has 0 radical (unpaired) electrons. The first-order valence-corrected chi connectivity index (χ1v) is 14.0. The van der Waals surface area contributed by atoms with Crippen LogP contribution in [-0.4, -0.2) is 6.61 Å². The van der Waals surface area contributed by atoms with Crippen LogP contribution in [0.2, 0.25) is 0 Å². The van der Waals surface area contributed by atoms with Gasteiger partial charge in [-0.05, 0) is 118 Å². The molecule has 0 unspecified atom stereocenters. The van der Waals surface area contributed by atoms with Crippen LogP contribution in [-0.2, 0) is 0 Å². The number of allylic oxidation sites excluding steroid dienone is 2. The van der Waals surface area contributed by atoms with Gasteiger partial charge < -0.3 is 4.74 Å². The molecular weight excluding hydrogens is 438 g/mol. The van der Waals surface area contributed by atoms with Gasteiger partial charge in [0, 0.05) is 5.56 Å². The average molecular weight is 481 g/mol. The first kappa shape index (κ1) is 25.9. The molecule has 0 aliphatic heterocycles. The number of halogens is 2. The number of ether oxygens (including phenoxy) is 1. The summed E-state index contributed by atoms with van der Waals surface area (Å²) in [7, 11) is 0. The van der Waals surface area contributed by atoms with E-state index in [1.165, 1.54) is 82.3 Å². The maximum Gasteiger partial charge on any atom is 0.201 e. The third kappa shape index (κ3) is 6.74. The molecular formula is C32H42F2O. The lowest BCUT2D eigenvalue weighted by Gasteiger charge is -2.29. The molecule has 2 aromatic rings. The number of rotatable bonds is 9. The lowest BCUT2D eigenvalue weighted by atomic mass is 9.77. The first-order chi connectivity index (χ1) is 17.1. The van der Waals surface area contributed by atoms with Gasteiger partial charge in [-0.25, -0.2) is 4.39 Å². The molecule has 0 N–H and O–H groups in total. The van der Waals surface area contributed by atoms with Gasteiger partial charge in [0.1, 0.15) is 0 Å². The molecule has 0 amide bonds. The monoisotopic (exact) mass is 480 g/mol. The van der Waals surface area contributed by atoms with Gasteiger partial charge in [-0.15, -0.1) is 0 Å². The van der Waals surface area contributed by atoms with Crippen molar-refractivity contribution in [1.82, 2.24) is 0 Å². The van der Waals surface area contributed by atoms with Crippen LogP contribution in [0.5, 0.6) is 5.75 Å². The van der Waals surface area contributed by atoms with Crippen LogP contribution in [0.1, 0.15) is 96.0 Å². The van der Waals surface area contributed by atoms with Gasteiger partial charge in [0.05, 0.1) is 6.61 Å². The third-order valence-electron chi connectivity index (χ3n) is 8.51. The summed E-state index contributed by atoms with van der Waals surface area (Å²) in [4.78, 5) is 0. The van der Waals surface area contributed by atoms with Gasteiger partial charge >= 0.3 is 0 Å². The van der Waals surface area contributed by atoms with Crippen LogP contribution in [0.4, 0.5) is 8.78 Å². The second kappa shape index (κ2) is 12.7. The minimum absolute atomic E-state index is 0.0308. The molecule has 1 nitrogen and oxygen atoms in total. The van der Waals surface area contributed by atoms with Gasteiger partial charge in [0.25, 0.3) is 0 Å². The van der Waals surface area contributed by atoms with E-state index in [4.69, 9.17) is 4.74 Å². The zero-order chi connectivity index (χ0) is 24.6. The minimum Gasteiger partial charge on any atom is -0.491 e. The lowest BCUT2D eigenvalue weighted by molar-refractivity contribution is 0.301. The van der Waals surface area contributed by atoms with Crippen LogP contribution >= 0.6 is 0 Å². The Balaban J connectivity index is 1.23. The van der Waals surface area contributed by atoms with E-state index in [1.54, 1.807) is 13.0 Å². The van der Waals surface area contributed by atoms with Crippen LogP contribution in [0, 0.1) is 29.4 Å². The number of benzene rings is 2. The maximum atomic E-state index is 14.6. The molecule has 0 heterocycles. The molecule has 35 heavy (non-hydrogen) atoms. The molecule has 2 aliphatic carbocycles. The topological polar surface area (TPSA) is 9.23 Å². The second-order valence-corrected chi connectivity index (χ2v) is 10.7. The number of hydrogen-bond acceptors (Lipinski definition) is 1. The Morgan fingerprint density at radius 3 is 2.14 bits per heavy atom. The smallest absolute Gasteiger partial charge is 0.201 e. The Morgan fingerprint density at radius 1 is 0.800 bits per heavy atom. The molecule has 0 atom stereocenters. The summed E-state index contributed by atoms with van der Waals surface area (Å²) < 4.78 is 34.0. The van der Waals surface area contributed by atoms with E-state index in [0.29, 0.717) is 18.1 Å². The van der Waals surface area contributed by atoms with E-state index in [-0.39, 0.29) is 11.3 Å². The highest BCUT2D eigenvalue weighted by Crippen LogP contribution is 2.39. The SMILES string of the molecule is CCOc1ccc(-c2ccc(C3CCC(CC/C=C/C4CCC(CC)CC4)CC3)cc2)c(F)c1F. The fourth-order valence-electron chi connectivity index (χ4n) is 6.15. The standard InChI is InChI=1S/C32H42F2O/c1-3-23-9-11-24(12-10-23)7-5-6-8-25-13-15-26(16-14-25)27-17-19-28(20-18-27)29-21-22-30(35-4-2)32(34)31(29)33/h5,7,17-26H,3-4,6,8-16H2,1-2H3/b7-5+. The molecule has 0 spiro atoms. The van der Waals surface area contributed by atoms with Gasteiger partial charge in [-0.2, -0.15) is 4.39 Å². The Kier molecular flexibility index (Phi) is 9.40. The molecule has 2 aromatic carbocycles. The van der Waals surface area contributed by atoms with Crippen molar-refractivity contribution in [3.8, 4) is 16.9 Å². The average Bonchev–Trinajstić information content (AvgIpc) is 2.90. The molecule has 3 heteroatoms. The second-order valence-electron chi connectivity index (χ2n) is 10.7. The van der Waals surface area contributed by atoms with Crippen LogP contribution in [0.25, 0.3) is 11.1 Å². The van der Waals surface area contributed by atoms with Crippen molar-refractivity contribution in [3.05, 3.63) is 65.7 Å². The zero-order valence-electron chi connectivity index (χ0n) is 21.6. The van der Waals surface area contributed by atoms with Gasteiger partial charge in [-0.1, -0.05) is 49.8 Å². The zero-order valence-corrected chi connectivity index (χ0v) is 21.6. The van der Waals surface area contributed by atoms with E-state index < -0.39 is 11.6 Å². The van der Waals surface area contributed by atoms with Crippen molar-refractivity contribution in [2.75, 3.05) is 6.61 Å². The Labute approximate surface area is 211 Å². The van der Waals surface area contributed by atoms with Gasteiger partial charge in [0.15, 0.2) is 11.6 Å². The van der Waals surface area contributed by atoms with Crippen molar-refractivity contribution in [2.24, 2.45) is 17.8 Å². The summed E-state index contributed by atoms with van der Waals surface area (Å²) in [5.41, 5.74) is 2.31. The normalized spacial score (nSPS) is 25.1. The van der Waals surface area contributed by atoms with Crippen molar-refractivity contribution < 1.29 is 13.5 Å². The highest BCUT2D eigenvalue weighted by atomic mass is 19.2. The maximum absolute atomic E-state index is 14.6. The van der Waals surface area contributed by atoms with E-state index in [9.17, 15) is 8.78 Å². The van der Waals surface area contributed by atoms with Gasteiger partial charge in [-0.3, -0.25) is 0 Å². The van der Waals surface area contributed by atoms with E-state index >= 15 is 0 Å². The van der Waals surface area contributed by atoms with Gasteiger partial charge in [0.2, 0.25) is 5.82 Å². The Morgan fingerprint density at radius 2 is 1.49 bits per heavy atom. The summed E-state index contributed by atoms with van der Waals surface area (Å²) in [5, 5.41) is 0. The quantitative estimate of drug-likeness (QED) is 0.324.